The summed E-state index contributed by atoms with van der Waals surface area (Å²) in [5, 5.41) is 11.7. The van der Waals surface area contributed by atoms with Crippen LogP contribution >= 0.6 is 11.3 Å². The number of aryl methyl sites for hydroxylation is 2. The van der Waals surface area contributed by atoms with Crippen LogP contribution in [-0.4, -0.2) is 52.6 Å². The van der Waals surface area contributed by atoms with Gasteiger partial charge in [-0.1, -0.05) is 36.8 Å². The van der Waals surface area contributed by atoms with E-state index in [0.29, 0.717) is 18.0 Å². The van der Waals surface area contributed by atoms with Gasteiger partial charge in [0.1, 0.15) is 10.8 Å². The molecule has 8 nitrogen and oxygen atoms in total. The van der Waals surface area contributed by atoms with Gasteiger partial charge in [-0.05, 0) is 62.7 Å². The lowest BCUT2D eigenvalue weighted by Gasteiger charge is -2.26. The third-order valence-corrected chi connectivity index (χ3v) is 7.05. The fourth-order valence-electron chi connectivity index (χ4n) is 4.36. The molecule has 0 radical (unpaired) electrons. The number of likely N-dealkylation sites (tertiary alicyclic amines) is 1. The largest absolute Gasteiger partial charge is 0.469 e. The molecule has 1 aromatic carbocycles. The molecule has 0 spiro atoms. The highest BCUT2D eigenvalue weighted by molar-refractivity contribution is 7.13. The van der Waals surface area contributed by atoms with Gasteiger partial charge in [0.15, 0.2) is 0 Å². The summed E-state index contributed by atoms with van der Waals surface area (Å²) in [4.78, 5) is 28.9. The van der Waals surface area contributed by atoms with Crippen LogP contribution in [0.3, 0.4) is 0 Å². The lowest BCUT2D eigenvalue weighted by molar-refractivity contribution is -0.117. The van der Waals surface area contributed by atoms with Crippen LogP contribution in [0, 0.1) is 6.92 Å². The van der Waals surface area contributed by atoms with Crippen LogP contribution in [-0.2, 0) is 17.8 Å². The summed E-state index contributed by atoms with van der Waals surface area (Å²) in [6, 6.07) is 11.9. The fourth-order valence-corrected chi connectivity index (χ4v) is 4.95. The van der Waals surface area contributed by atoms with Crippen molar-refractivity contribution < 1.29 is 14.0 Å². The van der Waals surface area contributed by atoms with Gasteiger partial charge in [-0.15, -0.1) is 10.2 Å². The van der Waals surface area contributed by atoms with E-state index < -0.39 is 0 Å². The van der Waals surface area contributed by atoms with E-state index in [1.165, 1.54) is 49.3 Å². The highest BCUT2D eigenvalue weighted by atomic mass is 32.1. The molecule has 0 saturated carbocycles. The van der Waals surface area contributed by atoms with E-state index in [4.69, 9.17) is 4.42 Å². The Morgan fingerprint density at radius 1 is 1.14 bits per heavy atom. The Hall–Kier alpha value is -3.04. The second-order valence-electron chi connectivity index (χ2n) is 8.94. The molecule has 2 aromatic heterocycles. The Bertz CT molecular complexity index is 1090. The summed E-state index contributed by atoms with van der Waals surface area (Å²) in [7, 11) is 0. The molecule has 2 aliphatic rings. The smallest absolute Gasteiger partial charge is 0.282 e. The average Bonchev–Trinajstić information content (AvgIpc) is 3.62. The number of furan rings is 1. The molecule has 1 unspecified atom stereocenters. The number of hydrogen-bond acceptors (Lipinski definition) is 7. The van der Waals surface area contributed by atoms with Crippen LogP contribution in [0.5, 0.6) is 0 Å². The Labute approximate surface area is 210 Å². The predicted molar refractivity (Wildman–Crippen MR) is 137 cm³/mol. The fraction of sp³-hybridized carbons (Fsp3) is 0.462. The summed E-state index contributed by atoms with van der Waals surface area (Å²) >= 11 is 1.26. The molecule has 0 bridgehead atoms. The molecule has 9 heteroatoms. The normalized spacial score (nSPS) is 18.3. The van der Waals surface area contributed by atoms with E-state index >= 15 is 0 Å². The molecule has 186 valence electrons. The number of anilines is 1. The first kappa shape index (κ1) is 25.1. The zero-order chi connectivity index (χ0) is 24.6. The van der Waals surface area contributed by atoms with Crippen molar-refractivity contribution in [3.63, 3.8) is 0 Å². The summed E-state index contributed by atoms with van der Waals surface area (Å²) < 4.78 is 4.98. The number of piperidine rings is 1. The minimum Gasteiger partial charge on any atom is -0.469 e. The highest BCUT2D eigenvalue weighted by Crippen LogP contribution is 2.23. The number of amides is 2. The molecule has 5 rings (SSSR count). The van der Waals surface area contributed by atoms with Crippen molar-refractivity contribution in [1.82, 2.24) is 20.4 Å². The maximum atomic E-state index is 12.5. The molecule has 2 amide bonds. The first-order valence-electron chi connectivity index (χ1n) is 12.3. The van der Waals surface area contributed by atoms with Crippen molar-refractivity contribution in [3.8, 4) is 0 Å². The van der Waals surface area contributed by atoms with Gasteiger partial charge in [0.25, 0.3) is 5.91 Å². The number of benzene rings is 1. The minimum absolute atomic E-state index is 0.0301. The molecule has 35 heavy (non-hydrogen) atoms. The standard InChI is InChI=1S/C20H25N5O2S.C6H8O/c1-14-22-23-20(28-14)19(27)21-16-11-18(26)25(13-16)17-7-5-15(6-8-17)12-24-9-3-2-4-10-24;1-2-6-4-3-5-7-6/h5-8,16H,2-4,9-13H2,1H3,(H,21,27);3-5H,2H2,1H3. The molecule has 0 aliphatic carbocycles. The van der Waals surface area contributed by atoms with Crippen molar-refractivity contribution in [2.45, 2.75) is 58.5 Å². The zero-order valence-corrected chi connectivity index (χ0v) is 21.2. The molecule has 2 fully saturated rings. The van der Waals surface area contributed by atoms with Gasteiger partial charge in [0.05, 0.1) is 12.3 Å². The first-order valence-corrected chi connectivity index (χ1v) is 13.1. The van der Waals surface area contributed by atoms with Crippen LogP contribution < -0.4 is 10.2 Å². The van der Waals surface area contributed by atoms with E-state index in [2.05, 4.69) is 39.5 Å². The summed E-state index contributed by atoms with van der Waals surface area (Å²) in [5.74, 6) is 0.824. The van der Waals surface area contributed by atoms with Gasteiger partial charge < -0.3 is 14.6 Å². The number of carbonyl (C=O) groups excluding carboxylic acids is 2. The van der Waals surface area contributed by atoms with Crippen molar-refractivity contribution in [2.75, 3.05) is 24.5 Å². The van der Waals surface area contributed by atoms with Gasteiger partial charge >= 0.3 is 0 Å². The topological polar surface area (TPSA) is 91.6 Å². The predicted octanol–water partition coefficient (Wildman–Crippen LogP) is 4.21. The first-order chi connectivity index (χ1) is 17.0. The van der Waals surface area contributed by atoms with Gasteiger partial charge in [-0.2, -0.15) is 0 Å². The van der Waals surface area contributed by atoms with E-state index in [1.54, 1.807) is 11.2 Å². The second kappa shape index (κ2) is 12.1. The summed E-state index contributed by atoms with van der Waals surface area (Å²) in [6.45, 7) is 7.66. The lowest BCUT2D eigenvalue weighted by Crippen LogP contribution is -2.37. The van der Waals surface area contributed by atoms with Gasteiger partial charge in [0, 0.05) is 31.6 Å². The van der Waals surface area contributed by atoms with E-state index in [-0.39, 0.29) is 17.9 Å². The number of carbonyl (C=O) groups is 2. The Morgan fingerprint density at radius 3 is 2.51 bits per heavy atom. The van der Waals surface area contributed by atoms with Crippen molar-refractivity contribution in [3.05, 3.63) is 64.0 Å². The number of aromatic nitrogens is 2. The molecule has 2 aliphatic heterocycles. The molecule has 4 heterocycles. The van der Waals surface area contributed by atoms with E-state index in [9.17, 15) is 9.59 Å². The SMILES string of the molecule is CCc1ccco1.Cc1nnc(C(=O)NC2CC(=O)N(c3ccc(CN4CCCCC4)cc3)C2)s1. The second-order valence-corrected chi connectivity index (χ2v) is 10.1. The Morgan fingerprint density at radius 2 is 1.91 bits per heavy atom. The Kier molecular flexibility index (Phi) is 8.65. The third kappa shape index (κ3) is 6.99. The molecule has 1 N–H and O–H groups in total. The van der Waals surface area contributed by atoms with E-state index in [0.717, 1.165) is 29.4 Å². The molecular weight excluding hydrogens is 462 g/mol. The molecule has 2 saturated heterocycles. The molecular formula is C26H33N5O3S. The third-order valence-electron chi connectivity index (χ3n) is 6.21. The molecule has 1 atom stereocenters. The highest BCUT2D eigenvalue weighted by Gasteiger charge is 2.32. The van der Waals surface area contributed by atoms with Crippen molar-refractivity contribution in [1.29, 1.82) is 0 Å². The van der Waals surface area contributed by atoms with Crippen LogP contribution in [0.25, 0.3) is 0 Å². The van der Waals surface area contributed by atoms with Gasteiger partial charge in [-0.3, -0.25) is 14.5 Å². The quantitative estimate of drug-likeness (QED) is 0.551. The monoisotopic (exact) mass is 495 g/mol. The van der Waals surface area contributed by atoms with Crippen LogP contribution in [0.4, 0.5) is 5.69 Å². The van der Waals surface area contributed by atoms with Crippen LogP contribution in [0.2, 0.25) is 0 Å². The number of nitrogens with zero attached hydrogens (tertiary/aromatic N) is 4. The zero-order valence-electron chi connectivity index (χ0n) is 20.4. The maximum absolute atomic E-state index is 12.5. The van der Waals surface area contributed by atoms with Crippen molar-refractivity contribution >= 4 is 28.8 Å². The van der Waals surface area contributed by atoms with Crippen molar-refractivity contribution in [2.24, 2.45) is 0 Å². The molecule has 3 aromatic rings. The van der Waals surface area contributed by atoms with Gasteiger partial charge in [0.2, 0.25) is 10.9 Å². The summed E-state index contributed by atoms with van der Waals surface area (Å²) in [6.07, 6.45) is 6.89. The number of hydrogen-bond donors (Lipinski definition) is 1. The minimum atomic E-state index is -0.262. The Balaban J connectivity index is 0.000000356. The number of nitrogens with one attached hydrogen (secondary N) is 1. The van der Waals surface area contributed by atoms with Crippen LogP contribution in [0.15, 0.2) is 47.1 Å². The average molecular weight is 496 g/mol. The van der Waals surface area contributed by atoms with Gasteiger partial charge in [-0.25, -0.2) is 0 Å². The number of rotatable bonds is 6. The summed E-state index contributed by atoms with van der Waals surface area (Å²) in [5.41, 5.74) is 2.16. The van der Waals surface area contributed by atoms with Crippen LogP contribution in [0.1, 0.15) is 58.7 Å². The van der Waals surface area contributed by atoms with E-state index in [1.807, 2.05) is 31.2 Å². The maximum Gasteiger partial charge on any atom is 0.282 e. The lowest BCUT2D eigenvalue weighted by atomic mass is 10.1.